The molecule has 1 heterocycles. The fourth-order valence-corrected chi connectivity index (χ4v) is 9.75. The van der Waals surface area contributed by atoms with Crippen LogP contribution >= 0.6 is 0 Å². The number of rotatable bonds is 40. The van der Waals surface area contributed by atoms with Crippen LogP contribution in [0.15, 0.2) is 121 Å². The third kappa shape index (κ3) is 23.6. The van der Waals surface area contributed by atoms with E-state index in [1.54, 1.807) is 0 Å². The lowest BCUT2D eigenvalue weighted by atomic mass is 9.96. The van der Waals surface area contributed by atoms with E-state index >= 15 is 0 Å². The van der Waals surface area contributed by atoms with Crippen molar-refractivity contribution in [3.8, 4) is 0 Å². The summed E-state index contributed by atoms with van der Waals surface area (Å²) in [5.41, 5.74) is 3.68. The molecule has 74 heavy (non-hydrogen) atoms. The molecule has 0 spiro atoms. The Morgan fingerprint density at radius 2 is 1.01 bits per heavy atom. The number of benzene rings is 4. The molecule has 11 heteroatoms. The van der Waals surface area contributed by atoms with Gasteiger partial charge in [0, 0.05) is 6.61 Å². The van der Waals surface area contributed by atoms with E-state index in [1.807, 2.05) is 109 Å². The molecule has 1 saturated heterocycles. The van der Waals surface area contributed by atoms with Crippen LogP contribution in [0, 0.1) is 0 Å². The molecule has 5 rings (SSSR count). The van der Waals surface area contributed by atoms with Gasteiger partial charge in [-0.05, 0) is 41.5 Å². The summed E-state index contributed by atoms with van der Waals surface area (Å²) in [6.07, 6.45) is 17.8. The summed E-state index contributed by atoms with van der Waals surface area (Å²) in [5.74, 6) is -1.000. The van der Waals surface area contributed by atoms with Gasteiger partial charge in [0.05, 0.1) is 38.4 Å². The first-order valence-electron chi connectivity index (χ1n) is 28.5. The average molecular weight is 1020 g/mol. The van der Waals surface area contributed by atoms with Crippen LogP contribution in [0.1, 0.15) is 183 Å². The minimum Gasteiger partial charge on any atom is -0.451 e. The first-order chi connectivity index (χ1) is 36.4. The summed E-state index contributed by atoms with van der Waals surface area (Å²) in [7, 11) is 0. The van der Waals surface area contributed by atoms with Crippen LogP contribution in [-0.4, -0.2) is 84.8 Å². The minimum atomic E-state index is -1.34. The quantitative estimate of drug-likeness (QED) is 0.0291. The first-order valence-corrected chi connectivity index (χ1v) is 28.5. The zero-order valence-corrected chi connectivity index (χ0v) is 44.9. The summed E-state index contributed by atoms with van der Waals surface area (Å²) in [6, 6.07) is 38.0. The maximum Gasteiger partial charge on any atom is 0.333 e. The van der Waals surface area contributed by atoms with E-state index in [0.29, 0.717) is 26.1 Å². The molecule has 1 aliphatic heterocycles. The Hall–Kier alpha value is -4.46. The van der Waals surface area contributed by atoms with Gasteiger partial charge in [0.15, 0.2) is 12.4 Å². The normalized spacial score (nSPS) is 18.5. The lowest BCUT2D eigenvalue weighted by Crippen LogP contribution is -2.65. The molecule has 0 unspecified atom stereocenters. The molecule has 0 aliphatic carbocycles. The number of carbonyl (C=O) groups is 2. The van der Waals surface area contributed by atoms with Crippen molar-refractivity contribution in [1.82, 2.24) is 5.32 Å². The number of unbranched alkanes of at least 4 members (excludes halogenated alkanes) is 16. The molecule has 0 bridgehead atoms. The van der Waals surface area contributed by atoms with Crippen LogP contribution in [0.25, 0.3) is 0 Å². The molecule has 0 saturated carbocycles. The molecular formula is C63H91NO10. The van der Waals surface area contributed by atoms with Crippen molar-refractivity contribution in [2.45, 2.75) is 217 Å². The van der Waals surface area contributed by atoms with E-state index in [0.717, 1.165) is 60.8 Å². The predicted molar refractivity (Wildman–Crippen MR) is 293 cm³/mol. The Balaban J connectivity index is 1.30. The van der Waals surface area contributed by atoms with Gasteiger partial charge in [0.2, 0.25) is 5.91 Å². The van der Waals surface area contributed by atoms with Gasteiger partial charge >= 0.3 is 5.97 Å². The van der Waals surface area contributed by atoms with Crippen LogP contribution in [0.2, 0.25) is 0 Å². The second-order valence-corrected chi connectivity index (χ2v) is 20.2. The lowest BCUT2D eigenvalue weighted by molar-refractivity contribution is -0.277. The van der Waals surface area contributed by atoms with Crippen LogP contribution in [0.5, 0.6) is 0 Å². The van der Waals surface area contributed by atoms with Gasteiger partial charge < -0.3 is 44.0 Å². The number of ether oxygens (including phenoxy) is 6. The molecule has 3 N–H and O–H groups in total. The maximum atomic E-state index is 14.4. The van der Waals surface area contributed by atoms with Crippen molar-refractivity contribution in [2.24, 2.45) is 0 Å². The monoisotopic (exact) mass is 1020 g/mol. The van der Waals surface area contributed by atoms with Crippen LogP contribution < -0.4 is 5.32 Å². The molecular weight excluding hydrogens is 931 g/mol. The number of hydrogen-bond donors (Lipinski definition) is 3. The predicted octanol–water partition coefficient (Wildman–Crippen LogP) is 13.1. The molecule has 1 fully saturated rings. The minimum absolute atomic E-state index is 0.0470. The molecule has 0 aromatic heterocycles. The first kappa shape index (κ1) is 60.4. The zero-order chi connectivity index (χ0) is 52.3. The number of aliphatic hydroxyl groups excluding tert-OH is 2. The van der Waals surface area contributed by atoms with Gasteiger partial charge in [-0.25, -0.2) is 4.79 Å². The lowest BCUT2D eigenvalue weighted by Gasteiger charge is -2.44. The molecule has 1 amide bonds. The highest BCUT2D eigenvalue weighted by Gasteiger charge is 2.47. The third-order valence-electron chi connectivity index (χ3n) is 14.1. The average Bonchev–Trinajstić information content (AvgIpc) is 3.43. The van der Waals surface area contributed by atoms with Gasteiger partial charge in [-0.1, -0.05) is 251 Å². The van der Waals surface area contributed by atoms with Crippen molar-refractivity contribution in [3.63, 3.8) is 0 Å². The molecule has 11 nitrogen and oxygen atoms in total. The van der Waals surface area contributed by atoms with Gasteiger partial charge in [-0.15, -0.1) is 0 Å². The summed E-state index contributed by atoms with van der Waals surface area (Å²) in [5, 5.41) is 25.5. The summed E-state index contributed by atoms with van der Waals surface area (Å²) >= 11 is 0. The molecule has 0 radical (unpaired) electrons. The highest BCUT2D eigenvalue weighted by molar-refractivity contribution is 5.77. The number of esters is 1. The molecule has 1 aliphatic rings. The van der Waals surface area contributed by atoms with E-state index in [-0.39, 0.29) is 31.1 Å². The van der Waals surface area contributed by atoms with Crippen LogP contribution in [-0.2, 0) is 51.2 Å². The van der Waals surface area contributed by atoms with Gasteiger partial charge in [-0.2, -0.15) is 0 Å². The molecule has 7 atom stereocenters. The van der Waals surface area contributed by atoms with Crippen molar-refractivity contribution in [1.29, 1.82) is 0 Å². The number of nitrogens with one attached hydrogen (secondary N) is 1. The van der Waals surface area contributed by atoms with E-state index in [1.165, 1.54) is 83.5 Å². The van der Waals surface area contributed by atoms with Gasteiger partial charge in [-0.3, -0.25) is 4.79 Å². The summed E-state index contributed by atoms with van der Waals surface area (Å²) < 4.78 is 38.1. The van der Waals surface area contributed by atoms with Crippen LogP contribution in [0.3, 0.4) is 0 Å². The van der Waals surface area contributed by atoms with E-state index < -0.39 is 55.9 Å². The second-order valence-electron chi connectivity index (χ2n) is 20.2. The summed E-state index contributed by atoms with van der Waals surface area (Å²) in [6.45, 7) is 4.41. The van der Waals surface area contributed by atoms with Gasteiger partial charge in [0.1, 0.15) is 31.0 Å². The Bertz CT molecular complexity index is 1970. The second kappa shape index (κ2) is 37.3. The number of hydrogen-bond acceptors (Lipinski definition) is 10. The SMILES string of the molecule is CCCCCCCCCCC[C@H](CCO[C@H]1[C@H](O)[C@@H](CO)O[C@H](OCC(=O)OC(c2ccccc2)c2ccccc2)[C@@H]1NC(=O)C[C@@H](CCCCCCCCCCC)OCc1ccccc1)OCc1ccccc1. The van der Waals surface area contributed by atoms with E-state index in [2.05, 4.69) is 31.3 Å². The zero-order valence-electron chi connectivity index (χ0n) is 44.9. The molecule has 408 valence electrons. The maximum absolute atomic E-state index is 14.4. The highest BCUT2D eigenvalue weighted by Crippen LogP contribution is 2.29. The van der Waals surface area contributed by atoms with Crippen LogP contribution in [0.4, 0.5) is 0 Å². The Morgan fingerprint density at radius 3 is 1.50 bits per heavy atom. The van der Waals surface area contributed by atoms with Crippen molar-refractivity contribution >= 4 is 11.9 Å². The standard InChI is InChI=1S/C63H91NO10/c1-3-5-7-9-11-13-15-17-31-41-54(70-47-50-33-23-19-24-34-50)43-44-69-62-59(64-57(66)45-55(71-48-51-35-25-20-26-36-51)42-32-18-16-14-12-10-8-6-4-2)63(73-56(46-65)60(62)68)72-49-58(67)74-61(52-37-27-21-28-38-52)53-39-29-22-30-40-53/h19-30,33-40,54-56,59-63,65,68H,3-18,31-32,41-49H2,1-2H3,(H,64,66)/t54-,55-,56-,59-,60-,62-,63+/m1/s1. The highest BCUT2D eigenvalue weighted by atomic mass is 16.7. The molecule has 4 aromatic carbocycles. The number of amides is 1. The van der Waals surface area contributed by atoms with Crippen molar-refractivity contribution < 1.29 is 48.2 Å². The van der Waals surface area contributed by atoms with Crippen molar-refractivity contribution in [2.75, 3.05) is 19.8 Å². The largest absolute Gasteiger partial charge is 0.451 e. The number of aliphatic hydroxyl groups is 2. The Kier molecular flexibility index (Phi) is 30.5. The van der Waals surface area contributed by atoms with Gasteiger partial charge in [0.25, 0.3) is 0 Å². The summed E-state index contributed by atoms with van der Waals surface area (Å²) in [4.78, 5) is 28.2. The smallest absolute Gasteiger partial charge is 0.333 e. The Morgan fingerprint density at radius 1 is 0.568 bits per heavy atom. The van der Waals surface area contributed by atoms with E-state index in [4.69, 9.17) is 28.4 Å². The van der Waals surface area contributed by atoms with E-state index in [9.17, 15) is 19.8 Å². The third-order valence-corrected chi connectivity index (χ3v) is 14.1. The Labute approximate surface area is 444 Å². The fourth-order valence-electron chi connectivity index (χ4n) is 9.75. The molecule has 4 aromatic rings. The fraction of sp³-hybridized carbons (Fsp3) is 0.587. The number of carbonyl (C=O) groups excluding carboxylic acids is 2. The van der Waals surface area contributed by atoms with Crippen molar-refractivity contribution in [3.05, 3.63) is 144 Å². The topological polar surface area (TPSA) is 142 Å².